The molecule has 1 aliphatic carbocycles. The molecule has 0 amide bonds. The van der Waals surface area contributed by atoms with E-state index in [0.29, 0.717) is 11.6 Å². The Hall–Kier alpha value is -1.11. The molecule has 1 aliphatic rings. The summed E-state index contributed by atoms with van der Waals surface area (Å²) in [5.74, 6) is 0.632. The molecule has 0 atom stereocenters. The molecule has 1 N–H and O–H groups in total. The van der Waals surface area contributed by atoms with Gasteiger partial charge in [-0.3, -0.25) is 0 Å². The Morgan fingerprint density at radius 2 is 2.17 bits per heavy atom. The van der Waals surface area contributed by atoms with Crippen LogP contribution in [-0.4, -0.2) is 5.71 Å². The minimum absolute atomic E-state index is 0.549. The molecule has 64 valence electrons. The van der Waals surface area contributed by atoms with E-state index >= 15 is 0 Å². The predicted molar refractivity (Wildman–Crippen MR) is 53.5 cm³/mol. The van der Waals surface area contributed by atoms with Crippen LogP contribution in [0.5, 0.6) is 0 Å². The van der Waals surface area contributed by atoms with Crippen LogP contribution in [0.4, 0.5) is 0 Å². The maximum absolute atomic E-state index is 7.54. The van der Waals surface area contributed by atoms with Gasteiger partial charge in [0.05, 0.1) is 5.71 Å². The van der Waals surface area contributed by atoms with Crippen molar-refractivity contribution in [2.75, 3.05) is 0 Å². The van der Waals surface area contributed by atoms with Crippen LogP contribution < -0.4 is 0 Å². The first-order chi connectivity index (χ1) is 5.61. The van der Waals surface area contributed by atoms with Gasteiger partial charge in [0.1, 0.15) is 0 Å². The van der Waals surface area contributed by atoms with Crippen molar-refractivity contribution in [2.45, 2.75) is 20.3 Å². The fraction of sp³-hybridized carbons (Fsp3) is 0.364. The van der Waals surface area contributed by atoms with Crippen molar-refractivity contribution in [2.24, 2.45) is 5.92 Å². The lowest BCUT2D eigenvalue weighted by Gasteiger charge is -2.14. The average Bonchev–Trinajstić information content (AvgIpc) is 1.98. The molecule has 1 nitrogen and oxygen atoms in total. The Labute approximate surface area is 74.0 Å². The Balaban J connectivity index is 2.76. The minimum Gasteiger partial charge on any atom is -0.300 e. The molecule has 0 saturated carbocycles. The van der Waals surface area contributed by atoms with Crippen LogP contribution in [0.3, 0.4) is 0 Å². The largest absolute Gasteiger partial charge is 0.300 e. The number of rotatable bonds is 2. The van der Waals surface area contributed by atoms with Crippen LogP contribution in [0.1, 0.15) is 20.3 Å². The first kappa shape index (κ1) is 8.98. The molecule has 0 aromatic heterocycles. The van der Waals surface area contributed by atoms with Gasteiger partial charge in [0, 0.05) is 0 Å². The van der Waals surface area contributed by atoms with E-state index in [2.05, 4.69) is 26.5 Å². The van der Waals surface area contributed by atoms with Crippen LogP contribution in [-0.2, 0) is 0 Å². The van der Waals surface area contributed by atoms with E-state index in [9.17, 15) is 0 Å². The molecule has 12 heavy (non-hydrogen) atoms. The van der Waals surface area contributed by atoms with E-state index in [1.165, 1.54) is 5.57 Å². The van der Waals surface area contributed by atoms with Gasteiger partial charge in [-0.2, -0.15) is 0 Å². The first-order valence-electron chi connectivity index (χ1n) is 4.26. The highest BCUT2D eigenvalue weighted by Crippen LogP contribution is 2.21. The highest BCUT2D eigenvalue weighted by atomic mass is 14.4. The van der Waals surface area contributed by atoms with Gasteiger partial charge in [0.15, 0.2) is 0 Å². The fourth-order valence-corrected chi connectivity index (χ4v) is 1.27. The van der Waals surface area contributed by atoms with Crippen molar-refractivity contribution in [1.82, 2.24) is 0 Å². The standard InChI is InChI=1S/C11H15N/c1-8(2)7-10-5-4-6-11(12)9(10)3/h4-6,8,12H,3,7H2,1-2H3. The molecule has 0 unspecified atom stereocenters. The molecule has 1 heteroatoms. The molecule has 0 aliphatic heterocycles. The summed E-state index contributed by atoms with van der Waals surface area (Å²) in [7, 11) is 0. The monoisotopic (exact) mass is 161 g/mol. The molecule has 0 fully saturated rings. The Morgan fingerprint density at radius 1 is 1.50 bits per heavy atom. The topological polar surface area (TPSA) is 23.9 Å². The summed E-state index contributed by atoms with van der Waals surface area (Å²) >= 11 is 0. The molecule has 0 heterocycles. The van der Waals surface area contributed by atoms with Gasteiger partial charge in [-0.05, 0) is 29.6 Å². The quantitative estimate of drug-likeness (QED) is 0.643. The predicted octanol–water partition coefficient (Wildman–Crippen LogP) is 3.10. The zero-order chi connectivity index (χ0) is 9.14. The third kappa shape index (κ3) is 1.94. The lowest BCUT2D eigenvalue weighted by atomic mass is 9.91. The molecule has 0 radical (unpaired) electrons. The van der Waals surface area contributed by atoms with Crippen molar-refractivity contribution in [3.05, 3.63) is 36.0 Å². The van der Waals surface area contributed by atoms with Gasteiger partial charge < -0.3 is 5.41 Å². The second kappa shape index (κ2) is 3.53. The second-order valence-corrected chi connectivity index (χ2v) is 3.54. The summed E-state index contributed by atoms with van der Waals surface area (Å²) < 4.78 is 0. The van der Waals surface area contributed by atoms with Crippen LogP contribution in [0, 0.1) is 11.3 Å². The maximum Gasteiger partial charge on any atom is 0.0609 e. The summed E-state index contributed by atoms with van der Waals surface area (Å²) in [6.45, 7) is 8.24. The van der Waals surface area contributed by atoms with Crippen molar-refractivity contribution in [3.8, 4) is 0 Å². The molecule has 1 rings (SSSR count). The molecule has 0 aromatic rings. The van der Waals surface area contributed by atoms with E-state index in [1.54, 1.807) is 6.08 Å². The summed E-state index contributed by atoms with van der Waals surface area (Å²) in [6, 6.07) is 0. The summed E-state index contributed by atoms with van der Waals surface area (Å²) in [4.78, 5) is 0. The van der Waals surface area contributed by atoms with Gasteiger partial charge in [0.2, 0.25) is 0 Å². The number of nitrogens with one attached hydrogen (secondary N) is 1. The second-order valence-electron chi connectivity index (χ2n) is 3.54. The number of hydrogen-bond donors (Lipinski definition) is 1. The third-order valence-corrected chi connectivity index (χ3v) is 1.90. The van der Waals surface area contributed by atoms with E-state index in [-0.39, 0.29) is 0 Å². The first-order valence-corrected chi connectivity index (χ1v) is 4.26. The number of allylic oxidation sites excluding steroid dienone is 5. The summed E-state index contributed by atoms with van der Waals surface area (Å²) in [6.07, 6.45) is 6.78. The van der Waals surface area contributed by atoms with Gasteiger partial charge in [0.25, 0.3) is 0 Å². The smallest absolute Gasteiger partial charge is 0.0609 e. The Bertz CT molecular complexity index is 267. The van der Waals surface area contributed by atoms with E-state index in [1.807, 2.05) is 6.08 Å². The lowest BCUT2D eigenvalue weighted by Crippen LogP contribution is -2.05. The molecule has 0 bridgehead atoms. The molecular formula is C11H15N. The van der Waals surface area contributed by atoms with Crippen LogP contribution in [0.25, 0.3) is 0 Å². The van der Waals surface area contributed by atoms with Gasteiger partial charge in [-0.15, -0.1) is 0 Å². The van der Waals surface area contributed by atoms with Crippen molar-refractivity contribution >= 4 is 5.71 Å². The Kier molecular flexibility index (Phi) is 2.64. The lowest BCUT2D eigenvalue weighted by molar-refractivity contribution is 0.648. The maximum atomic E-state index is 7.54. The highest BCUT2D eigenvalue weighted by molar-refractivity contribution is 6.10. The van der Waals surface area contributed by atoms with Crippen molar-refractivity contribution in [3.63, 3.8) is 0 Å². The number of hydrogen-bond acceptors (Lipinski definition) is 1. The van der Waals surface area contributed by atoms with Gasteiger partial charge in [-0.25, -0.2) is 0 Å². The average molecular weight is 161 g/mol. The third-order valence-electron chi connectivity index (χ3n) is 1.90. The SMILES string of the molecule is C=C1C(=N)C=CC=C1CC(C)C. The summed E-state index contributed by atoms with van der Waals surface area (Å²) in [5, 5.41) is 7.54. The molecule has 0 spiro atoms. The van der Waals surface area contributed by atoms with Gasteiger partial charge >= 0.3 is 0 Å². The van der Waals surface area contributed by atoms with Crippen molar-refractivity contribution < 1.29 is 0 Å². The minimum atomic E-state index is 0.549. The molecule has 0 aromatic carbocycles. The van der Waals surface area contributed by atoms with Crippen LogP contribution in [0.2, 0.25) is 0 Å². The molecule has 0 saturated heterocycles. The van der Waals surface area contributed by atoms with Gasteiger partial charge in [-0.1, -0.05) is 32.6 Å². The van der Waals surface area contributed by atoms with E-state index in [0.717, 1.165) is 12.0 Å². The van der Waals surface area contributed by atoms with Crippen LogP contribution >= 0.6 is 0 Å². The van der Waals surface area contributed by atoms with E-state index < -0.39 is 0 Å². The molecular weight excluding hydrogens is 146 g/mol. The normalized spacial score (nSPS) is 17.1. The Morgan fingerprint density at radius 3 is 2.75 bits per heavy atom. The zero-order valence-electron chi connectivity index (χ0n) is 7.72. The highest BCUT2D eigenvalue weighted by Gasteiger charge is 2.10. The summed E-state index contributed by atoms with van der Waals surface area (Å²) in [5.41, 5.74) is 2.64. The fourth-order valence-electron chi connectivity index (χ4n) is 1.27. The van der Waals surface area contributed by atoms with E-state index in [4.69, 9.17) is 5.41 Å². The van der Waals surface area contributed by atoms with Crippen molar-refractivity contribution in [1.29, 1.82) is 5.41 Å². The van der Waals surface area contributed by atoms with Crippen LogP contribution in [0.15, 0.2) is 36.0 Å². The zero-order valence-corrected chi connectivity index (χ0v) is 7.72.